The number of nitrogens with two attached hydrogens (primary N) is 1. The van der Waals surface area contributed by atoms with Crippen LogP contribution in [0.3, 0.4) is 0 Å². The molecule has 1 heterocycles. The lowest BCUT2D eigenvalue weighted by molar-refractivity contribution is 0.683. The van der Waals surface area contributed by atoms with Gasteiger partial charge in [0.2, 0.25) is 0 Å². The maximum Gasteiger partial charge on any atom is 0.0945 e. The minimum Gasteiger partial charge on any atom is -0.398 e. The number of hydrogen-bond acceptors (Lipinski definition) is 3. The third-order valence-electron chi connectivity index (χ3n) is 2.54. The monoisotopic (exact) mass is 247 g/mol. The number of rotatable bonds is 5. The molecule has 4 heteroatoms. The largest absolute Gasteiger partial charge is 0.398 e. The molecule has 0 fully saturated rings. The maximum absolute atomic E-state index is 5.96. The predicted molar refractivity (Wildman–Crippen MR) is 73.2 cm³/mol. The molecule has 1 aromatic carbocycles. The summed E-state index contributed by atoms with van der Waals surface area (Å²) in [5.41, 5.74) is 8.06. The average Bonchev–Trinajstić information content (AvgIpc) is 2.79. The van der Waals surface area contributed by atoms with E-state index in [4.69, 9.17) is 5.73 Å². The number of anilines is 1. The summed E-state index contributed by atoms with van der Waals surface area (Å²) < 4.78 is 2.10. The molecule has 0 saturated heterocycles. The second kappa shape index (κ2) is 5.77. The van der Waals surface area contributed by atoms with Gasteiger partial charge in [-0.1, -0.05) is 6.07 Å². The van der Waals surface area contributed by atoms with Crippen molar-refractivity contribution in [3.63, 3.8) is 0 Å². The van der Waals surface area contributed by atoms with E-state index in [1.807, 2.05) is 36.5 Å². The Hall–Kier alpha value is -1.42. The van der Waals surface area contributed by atoms with Crippen molar-refractivity contribution >= 4 is 17.4 Å². The molecule has 0 unspecified atom stereocenters. The molecular formula is C13H17N3S. The van der Waals surface area contributed by atoms with Crippen LogP contribution < -0.4 is 5.73 Å². The molecule has 0 aliphatic rings. The zero-order chi connectivity index (χ0) is 12.1. The van der Waals surface area contributed by atoms with Gasteiger partial charge in [-0.25, -0.2) is 4.98 Å². The van der Waals surface area contributed by atoms with Gasteiger partial charge in [0, 0.05) is 29.5 Å². The van der Waals surface area contributed by atoms with E-state index in [9.17, 15) is 0 Å². The topological polar surface area (TPSA) is 43.8 Å². The van der Waals surface area contributed by atoms with Gasteiger partial charge < -0.3 is 10.3 Å². The van der Waals surface area contributed by atoms with Crippen LogP contribution in [-0.2, 0) is 6.54 Å². The molecule has 2 rings (SSSR count). The SMILES string of the molecule is Cc1ccc(SCCCn2ccnc2)c(N)c1. The standard InChI is InChI=1S/C13H17N3S/c1-11-3-4-13(12(14)9-11)17-8-2-6-16-7-5-15-10-16/h3-5,7,9-10H,2,6,8,14H2,1H3. The highest BCUT2D eigenvalue weighted by Gasteiger charge is 2.00. The van der Waals surface area contributed by atoms with E-state index in [2.05, 4.69) is 28.6 Å². The van der Waals surface area contributed by atoms with E-state index in [0.717, 1.165) is 24.4 Å². The number of imidazole rings is 1. The van der Waals surface area contributed by atoms with Crippen molar-refractivity contribution in [2.75, 3.05) is 11.5 Å². The minimum absolute atomic E-state index is 0.887. The van der Waals surface area contributed by atoms with Crippen molar-refractivity contribution in [1.29, 1.82) is 0 Å². The molecule has 0 amide bonds. The van der Waals surface area contributed by atoms with Gasteiger partial charge in [0.25, 0.3) is 0 Å². The average molecular weight is 247 g/mol. The number of aromatic nitrogens is 2. The van der Waals surface area contributed by atoms with Gasteiger partial charge in [0.15, 0.2) is 0 Å². The van der Waals surface area contributed by atoms with Crippen molar-refractivity contribution in [3.8, 4) is 0 Å². The van der Waals surface area contributed by atoms with Gasteiger partial charge in [-0.3, -0.25) is 0 Å². The lowest BCUT2D eigenvalue weighted by Crippen LogP contribution is -1.96. The Morgan fingerprint density at radius 3 is 3.00 bits per heavy atom. The summed E-state index contributed by atoms with van der Waals surface area (Å²) in [7, 11) is 0. The fourth-order valence-corrected chi connectivity index (χ4v) is 2.53. The Bertz CT molecular complexity index is 466. The normalized spacial score (nSPS) is 10.6. The van der Waals surface area contributed by atoms with Crippen LogP contribution in [0.15, 0.2) is 41.8 Å². The van der Waals surface area contributed by atoms with Gasteiger partial charge in [-0.05, 0) is 36.8 Å². The number of benzene rings is 1. The first kappa shape index (κ1) is 12.0. The molecule has 0 aliphatic heterocycles. The van der Waals surface area contributed by atoms with Crippen LogP contribution in [0.2, 0.25) is 0 Å². The fourth-order valence-electron chi connectivity index (χ4n) is 1.65. The van der Waals surface area contributed by atoms with E-state index >= 15 is 0 Å². The zero-order valence-corrected chi connectivity index (χ0v) is 10.8. The summed E-state index contributed by atoms with van der Waals surface area (Å²) in [6, 6.07) is 6.24. The molecule has 0 radical (unpaired) electrons. The van der Waals surface area contributed by atoms with E-state index in [1.165, 1.54) is 10.5 Å². The third-order valence-corrected chi connectivity index (χ3v) is 3.72. The Morgan fingerprint density at radius 1 is 1.41 bits per heavy atom. The third kappa shape index (κ3) is 3.53. The van der Waals surface area contributed by atoms with Crippen molar-refractivity contribution in [2.45, 2.75) is 24.8 Å². The second-order valence-electron chi connectivity index (χ2n) is 4.04. The molecule has 1 aromatic heterocycles. The minimum atomic E-state index is 0.887. The van der Waals surface area contributed by atoms with Crippen LogP contribution in [-0.4, -0.2) is 15.3 Å². The number of hydrogen-bond donors (Lipinski definition) is 1. The highest BCUT2D eigenvalue weighted by Crippen LogP contribution is 2.26. The summed E-state index contributed by atoms with van der Waals surface area (Å²) in [6.07, 6.45) is 6.77. The molecule has 0 bridgehead atoms. The highest BCUT2D eigenvalue weighted by molar-refractivity contribution is 7.99. The van der Waals surface area contributed by atoms with Crippen molar-refractivity contribution in [3.05, 3.63) is 42.5 Å². The number of nitrogen functional groups attached to an aromatic ring is 1. The molecule has 0 aliphatic carbocycles. The number of aryl methyl sites for hydroxylation is 2. The maximum atomic E-state index is 5.96. The van der Waals surface area contributed by atoms with Crippen molar-refractivity contribution in [2.24, 2.45) is 0 Å². The summed E-state index contributed by atoms with van der Waals surface area (Å²) in [5.74, 6) is 1.07. The summed E-state index contributed by atoms with van der Waals surface area (Å²) in [6.45, 7) is 3.07. The second-order valence-corrected chi connectivity index (χ2v) is 5.18. The molecule has 17 heavy (non-hydrogen) atoms. The van der Waals surface area contributed by atoms with Crippen molar-refractivity contribution < 1.29 is 0 Å². The Balaban J connectivity index is 1.78. The highest BCUT2D eigenvalue weighted by atomic mass is 32.2. The Labute approximate surface area is 106 Å². The van der Waals surface area contributed by atoms with Crippen LogP contribution >= 0.6 is 11.8 Å². The Morgan fingerprint density at radius 2 is 2.29 bits per heavy atom. The number of nitrogens with zero attached hydrogens (tertiary/aromatic N) is 2. The lowest BCUT2D eigenvalue weighted by Gasteiger charge is -2.06. The molecule has 0 spiro atoms. The molecular weight excluding hydrogens is 230 g/mol. The van der Waals surface area contributed by atoms with E-state index in [-0.39, 0.29) is 0 Å². The van der Waals surface area contributed by atoms with Gasteiger partial charge in [-0.15, -0.1) is 11.8 Å². The van der Waals surface area contributed by atoms with Crippen LogP contribution in [0.25, 0.3) is 0 Å². The quantitative estimate of drug-likeness (QED) is 0.502. The van der Waals surface area contributed by atoms with Gasteiger partial charge >= 0.3 is 0 Å². The van der Waals surface area contributed by atoms with E-state index in [0.29, 0.717) is 0 Å². The zero-order valence-electron chi connectivity index (χ0n) is 9.97. The van der Waals surface area contributed by atoms with Gasteiger partial charge in [-0.2, -0.15) is 0 Å². The molecule has 0 atom stereocenters. The Kier molecular flexibility index (Phi) is 4.09. The van der Waals surface area contributed by atoms with Crippen molar-refractivity contribution in [1.82, 2.24) is 9.55 Å². The smallest absolute Gasteiger partial charge is 0.0945 e. The summed E-state index contributed by atoms with van der Waals surface area (Å²) >= 11 is 1.82. The van der Waals surface area contributed by atoms with E-state index < -0.39 is 0 Å². The molecule has 3 nitrogen and oxygen atoms in total. The summed E-state index contributed by atoms with van der Waals surface area (Å²) in [4.78, 5) is 5.20. The van der Waals surface area contributed by atoms with Crippen LogP contribution in [0.5, 0.6) is 0 Å². The first-order valence-corrected chi connectivity index (χ1v) is 6.69. The first-order chi connectivity index (χ1) is 8.25. The molecule has 0 saturated carbocycles. The molecule has 2 N–H and O–H groups in total. The summed E-state index contributed by atoms with van der Waals surface area (Å²) in [5, 5.41) is 0. The van der Waals surface area contributed by atoms with Crippen LogP contribution in [0, 0.1) is 6.92 Å². The van der Waals surface area contributed by atoms with Crippen LogP contribution in [0.1, 0.15) is 12.0 Å². The van der Waals surface area contributed by atoms with Crippen LogP contribution in [0.4, 0.5) is 5.69 Å². The fraction of sp³-hybridized carbons (Fsp3) is 0.308. The van der Waals surface area contributed by atoms with E-state index in [1.54, 1.807) is 0 Å². The predicted octanol–water partition coefficient (Wildman–Crippen LogP) is 2.96. The lowest BCUT2D eigenvalue weighted by atomic mass is 10.2. The molecule has 2 aromatic rings. The number of thioether (sulfide) groups is 1. The van der Waals surface area contributed by atoms with Gasteiger partial charge in [0.05, 0.1) is 6.33 Å². The first-order valence-electron chi connectivity index (χ1n) is 5.70. The van der Waals surface area contributed by atoms with Gasteiger partial charge in [0.1, 0.15) is 0 Å². The molecule has 90 valence electrons.